The van der Waals surface area contributed by atoms with Crippen LogP contribution in [0.4, 0.5) is 0 Å². The minimum absolute atomic E-state index is 0.0980. The molecule has 0 aliphatic heterocycles. The van der Waals surface area contributed by atoms with Gasteiger partial charge in [0.15, 0.2) is 0 Å². The average Bonchev–Trinajstić information content (AvgIpc) is 2.62. The number of Topliss-reactive ketones (excluding diaryl/α,β-unsaturated/α-hetero) is 1. The van der Waals surface area contributed by atoms with Crippen LogP contribution in [0.15, 0.2) is 12.2 Å². The SMILES string of the molecule is C=C1CCC(=O)C12CCCCCCCCCCC2. The van der Waals surface area contributed by atoms with E-state index >= 15 is 0 Å². The van der Waals surface area contributed by atoms with Crippen LogP contribution in [0.5, 0.6) is 0 Å². The summed E-state index contributed by atoms with van der Waals surface area (Å²) in [6.45, 7) is 4.23. The molecule has 0 heterocycles. The van der Waals surface area contributed by atoms with Gasteiger partial charge in [-0.1, -0.05) is 69.9 Å². The molecule has 0 radical (unpaired) electrons. The van der Waals surface area contributed by atoms with E-state index in [1.807, 2.05) is 0 Å². The van der Waals surface area contributed by atoms with Crippen LogP contribution < -0.4 is 0 Å². The Balaban J connectivity index is 2.00. The second-order valence-corrected chi connectivity index (χ2v) is 6.29. The van der Waals surface area contributed by atoms with Gasteiger partial charge >= 0.3 is 0 Å². The van der Waals surface area contributed by atoms with Gasteiger partial charge in [-0.05, 0) is 19.3 Å². The Kier molecular flexibility index (Phi) is 5.03. The zero-order valence-corrected chi connectivity index (χ0v) is 11.8. The Bertz CT molecular complexity index is 273. The van der Waals surface area contributed by atoms with Crippen molar-refractivity contribution in [1.82, 2.24) is 0 Å². The third-order valence-electron chi connectivity index (χ3n) is 5.07. The van der Waals surface area contributed by atoms with Crippen molar-refractivity contribution in [2.75, 3.05) is 0 Å². The maximum Gasteiger partial charge on any atom is 0.143 e. The molecule has 2 rings (SSSR count). The van der Waals surface area contributed by atoms with Crippen LogP contribution in [-0.4, -0.2) is 5.78 Å². The molecule has 0 saturated heterocycles. The molecule has 2 aliphatic rings. The maximum atomic E-state index is 12.3. The topological polar surface area (TPSA) is 17.1 Å². The summed E-state index contributed by atoms with van der Waals surface area (Å²) in [4.78, 5) is 12.3. The van der Waals surface area contributed by atoms with Gasteiger partial charge in [0, 0.05) is 11.8 Å². The number of hydrogen-bond donors (Lipinski definition) is 0. The Morgan fingerprint density at radius 1 is 0.722 bits per heavy atom. The lowest BCUT2D eigenvalue weighted by Crippen LogP contribution is -2.27. The highest BCUT2D eigenvalue weighted by Gasteiger charge is 2.43. The first kappa shape index (κ1) is 13.8. The van der Waals surface area contributed by atoms with Gasteiger partial charge in [-0.15, -0.1) is 0 Å². The molecule has 0 aromatic heterocycles. The third kappa shape index (κ3) is 3.05. The molecule has 0 aromatic rings. The molecule has 1 heteroatoms. The molecule has 0 atom stereocenters. The van der Waals surface area contributed by atoms with Crippen LogP contribution in [0, 0.1) is 5.41 Å². The first-order valence-electron chi connectivity index (χ1n) is 7.97. The molecule has 0 unspecified atom stereocenters. The standard InChI is InChI=1S/C17H28O/c1-15-11-12-16(18)17(15)13-9-7-5-3-2-4-6-8-10-14-17/h1-14H2. The fourth-order valence-corrected chi connectivity index (χ4v) is 3.79. The largest absolute Gasteiger partial charge is 0.299 e. The summed E-state index contributed by atoms with van der Waals surface area (Å²) >= 11 is 0. The first-order chi connectivity index (χ1) is 8.76. The molecule has 2 saturated carbocycles. The van der Waals surface area contributed by atoms with Crippen molar-refractivity contribution >= 4 is 5.78 Å². The van der Waals surface area contributed by atoms with Crippen molar-refractivity contribution in [3.63, 3.8) is 0 Å². The summed E-state index contributed by atoms with van der Waals surface area (Å²) in [6.07, 6.45) is 15.9. The lowest BCUT2D eigenvalue weighted by atomic mass is 9.73. The van der Waals surface area contributed by atoms with E-state index in [2.05, 4.69) is 6.58 Å². The minimum Gasteiger partial charge on any atom is -0.299 e. The van der Waals surface area contributed by atoms with Crippen molar-refractivity contribution in [3.8, 4) is 0 Å². The molecule has 1 nitrogen and oxygen atoms in total. The van der Waals surface area contributed by atoms with Gasteiger partial charge in [0.25, 0.3) is 0 Å². The summed E-state index contributed by atoms with van der Waals surface area (Å²) in [5.41, 5.74) is 1.16. The summed E-state index contributed by atoms with van der Waals surface area (Å²) in [6, 6.07) is 0. The van der Waals surface area contributed by atoms with E-state index in [4.69, 9.17) is 0 Å². The zero-order valence-electron chi connectivity index (χ0n) is 11.8. The third-order valence-corrected chi connectivity index (χ3v) is 5.07. The highest BCUT2D eigenvalue weighted by molar-refractivity contribution is 5.91. The Labute approximate surface area is 112 Å². The van der Waals surface area contributed by atoms with Gasteiger partial charge in [0.2, 0.25) is 0 Å². The normalized spacial score (nSPS) is 26.9. The van der Waals surface area contributed by atoms with Gasteiger partial charge in [-0.25, -0.2) is 0 Å². The van der Waals surface area contributed by atoms with E-state index in [1.165, 1.54) is 63.4 Å². The quantitative estimate of drug-likeness (QED) is 0.539. The van der Waals surface area contributed by atoms with Crippen LogP contribution in [0.3, 0.4) is 0 Å². The van der Waals surface area contributed by atoms with Gasteiger partial charge in [-0.2, -0.15) is 0 Å². The molecule has 0 N–H and O–H groups in total. The summed E-state index contributed by atoms with van der Waals surface area (Å²) in [5, 5.41) is 0. The Morgan fingerprint density at radius 3 is 1.56 bits per heavy atom. The number of carbonyl (C=O) groups is 1. The average molecular weight is 248 g/mol. The second kappa shape index (κ2) is 6.54. The number of allylic oxidation sites excluding steroid dienone is 1. The molecule has 2 aliphatic carbocycles. The van der Waals surface area contributed by atoms with Crippen molar-refractivity contribution in [2.45, 2.75) is 83.5 Å². The van der Waals surface area contributed by atoms with Crippen LogP contribution in [0.1, 0.15) is 83.5 Å². The highest BCUT2D eigenvalue weighted by Crippen LogP contribution is 2.47. The smallest absolute Gasteiger partial charge is 0.143 e. The van der Waals surface area contributed by atoms with Gasteiger partial charge in [-0.3, -0.25) is 4.79 Å². The van der Waals surface area contributed by atoms with Crippen LogP contribution in [0.25, 0.3) is 0 Å². The van der Waals surface area contributed by atoms with Crippen molar-refractivity contribution < 1.29 is 4.79 Å². The maximum absolute atomic E-state index is 12.3. The molecular weight excluding hydrogens is 220 g/mol. The fourth-order valence-electron chi connectivity index (χ4n) is 3.79. The van der Waals surface area contributed by atoms with E-state index in [-0.39, 0.29) is 5.41 Å². The predicted molar refractivity (Wildman–Crippen MR) is 76.6 cm³/mol. The Morgan fingerprint density at radius 2 is 1.17 bits per heavy atom. The highest BCUT2D eigenvalue weighted by atomic mass is 16.1. The van der Waals surface area contributed by atoms with E-state index < -0.39 is 0 Å². The molecule has 0 amide bonds. The van der Waals surface area contributed by atoms with Crippen LogP contribution in [0.2, 0.25) is 0 Å². The number of rotatable bonds is 0. The van der Waals surface area contributed by atoms with Crippen LogP contribution >= 0.6 is 0 Å². The summed E-state index contributed by atoms with van der Waals surface area (Å²) in [5.74, 6) is 0.504. The summed E-state index contributed by atoms with van der Waals surface area (Å²) in [7, 11) is 0. The molecular formula is C17H28O. The fraction of sp³-hybridized carbons (Fsp3) is 0.824. The lowest BCUT2D eigenvalue weighted by molar-refractivity contribution is -0.125. The summed E-state index contributed by atoms with van der Waals surface area (Å²) < 4.78 is 0. The lowest BCUT2D eigenvalue weighted by Gasteiger charge is -2.29. The van der Waals surface area contributed by atoms with E-state index in [0.29, 0.717) is 5.78 Å². The van der Waals surface area contributed by atoms with E-state index in [1.54, 1.807) is 0 Å². The zero-order chi connectivity index (χ0) is 12.8. The predicted octanol–water partition coefficient (Wildman–Crippen LogP) is 5.20. The molecule has 0 bridgehead atoms. The van der Waals surface area contributed by atoms with Crippen molar-refractivity contribution in [3.05, 3.63) is 12.2 Å². The van der Waals surface area contributed by atoms with Gasteiger partial charge in [0.05, 0.1) is 0 Å². The molecule has 18 heavy (non-hydrogen) atoms. The number of carbonyl (C=O) groups excluding carboxylic acids is 1. The molecule has 102 valence electrons. The molecule has 0 aromatic carbocycles. The minimum atomic E-state index is -0.0980. The van der Waals surface area contributed by atoms with Crippen molar-refractivity contribution in [1.29, 1.82) is 0 Å². The van der Waals surface area contributed by atoms with E-state index in [9.17, 15) is 4.79 Å². The monoisotopic (exact) mass is 248 g/mol. The number of ketones is 1. The first-order valence-corrected chi connectivity index (χ1v) is 7.97. The van der Waals surface area contributed by atoms with Crippen molar-refractivity contribution in [2.24, 2.45) is 5.41 Å². The number of hydrogen-bond acceptors (Lipinski definition) is 1. The van der Waals surface area contributed by atoms with Gasteiger partial charge < -0.3 is 0 Å². The van der Waals surface area contributed by atoms with E-state index in [0.717, 1.165) is 25.7 Å². The van der Waals surface area contributed by atoms with Crippen LogP contribution in [-0.2, 0) is 4.79 Å². The molecule has 2 fully saturated rings. The molecule has 1 spiro atoms. The second-order valence-electron chi connectivity index (χ2n) is 6.29. The van der Waals surface area contributed by atoms with Gasteiger partial charge in [0.1, 0.15) is 5.78 Å². The Hall–Kier alpha value is -0.590.